The van der Waals surface area contributed by atoms with E-state index in [0.29, 0.717) is 16.5 Å². The van der Waals surface area contributed by atoms with Crippen LogP contribution in [0.2, 0.25) is 0 Å². The van der Waals surface area contributed by atoms with Crippen LogP contribution in [0.15, 0.2) is 33.7 Å². The number of benzene rings is 1. The summed E-state index contributed by atoms with van der Waals surface area (Å²) in [6.07, 6.45) is 0.0468. The van der Waals surface area contributed by atoms with E-state index >= 15 is 0 Å². The van der Waals surface area contributed by atoms with E-state index in [1.807, 2.05) is 0 Å². The third-order valence-corrected chi connectivity index (χ3v) is 3.40. The van der Waals surface area contributed by atoms with Crippen molar-refractivity contribution in [2.45, 2.75) is 17.1 Å². The predicted molar refractivity (Wildman–Crippen MR) is 70.8 cm³/mol. The number of carbonyl (C=O) groups excluding carboxylic acids is 1. The summed E-state index contributed by atoms with van der Waals surface area (Å²) in [4.78, 5) is 15.9. The first-order valence-corrected chi connectivity index (χ1v) is 6.87. The first-order valence-electron chi connectivity index (χ1n) is 5.88. The Labute approximate surface area is 119 Å². The lowest BCUT2D eigenvalue weighted by Crippen LogP contribution is -2.09. The standard InChI is InChI=1S/C13H13FN2O3S/c1-18-7-9(17)6-13-15-12(16-19-13)8-20-11-5-3-2-4-10(11)14/h2-5H,6-8H2,1H3. The molecule has 5 nitrogen and oxygen atoms in total. The largest absolute Gasteiger partial charge is 0.377 e. The normalized spacial score (nSPS) is 10.7. The van der Waals surface area contributed by atoms with Gasteiger partial charge in [0.25, 0.3) is 0 Å². The number of hydrogen-bond acceptors (Lipinski definition) is 6. The molecule has 0 atom stereocenters. The number of halogens is 1. The highest BCUT2D eigenvalue weighted by Gasteiger charge is 2.12. The van der Waals surface area contributed by atoms with Gasteiger partial charge in [-0.3, -0.25) is 4.79 Å². The zero-order chi connectivity index (χ0) is 14.4. The smallest absolute Gasteiger partial charge is 0.234 e. The molecule has 1 heterocycles. The summed E-state index contributed by atoms with van der Waals surface area (Å²) in [7, 11) is 1.45. The van der Waals surface area contributed by atoms with E-state index in [-0.39, 0.29) is 30.5 Å². The number of thioether (sulfide) groups is 1. The third kappa shape index (κ3) is 4.14. The third-order valence-electron chi connectivity index (χ3n) is 2.36. The molecule has 20 heavy (non-hydrogen) atoms. The molecular weight excluding hydrogens is 283 g/mol. The Kier molecular flexibility index (Phi) is 5.25. The highest BCUT2D eigenvalue weighted by molar-refractivity contribution is 7.98. The van der Waals surface area contributed by atoms with Gasteiger partial charge in [-0.1, -0.05) is 17.3 Å². The quantitative estimate of drug-likeness (QED) is 0.730. The highest BCUT2D eigenvalue weighted by atomic mass is 32.2. The van der Waals surface area contributed by atoms with Crippen molar-refractivity contribution in [2.24, 2.45) is 0 Å². The summed E-state index contributed by atoms with van der Waals surface area (Å²) in [6, 6.07) is 6.47. The van der Waals surface area contributed by atoms with Gasteiger partial charge in [0, 0.05) is 12.0 Å². The van der Waals surface area contributed by atoms with E-state index < -0.39 is 0 Å². The van der Waals surface area contributed by atoms with Crippen molar-refractivity contribution < 1.29 is 18.4 Å². The Hall–Kier alpha value is -1.73. The Bertz CT molecular complexity index is 589. The van der Waals surface area contributed by atoms with Crippen LogP contribution in [0, 0.1) is 5.82 Å². The molecule has 0 amide bonds. The monoisotopic (exact) mass is 296 g/mol. The van der Waals surface area contributed by atoms with E-state index in [1.54, 1.807) is 18.2 Å². The average molecular weight is 296 g/mol. The van der Waals surface area contributed by atoms with Crippen molar-refractivity contribution in [2.75, 3.05) is 13.7 Å². The first-order chi connectivity index (χ1) is 9.69. The zero-order valence-electron chi connectivity index (χ0n) is 10.8. The Balaban J connectivity index is 1.90. The number of nitrogens with zero attached hydrogens (tertiary/aromatic N) is 2. The fourth-order valence-electron chi connectivity index (χ4n) is 1.51. The minimum absolute atomic E-state index is 0.0156. The lowest BCUT2D eigenvalue weighted by molar-refractivity contribution is -0.122. The van der Waals surface area contributed by atoms with E-state index in [9.17, 15) is 9.18 Å². The molecule has 1 aromatic heterocycles. The molecular formula is C13H13FN2O3S. The number of rotatable bonds is 7. The van der Waals surface area contributed by atoms with Gasteiger partial charge in [-0.05, 0) is 12.1 Å². The second-order valence-corrected chi connectivity index (χ2v) is 4.99. The van der Waals surface area contributed by atoms with Gasteiger partial charge >= 0.3 is 0 Å². The molecule has 2 aromatic rings. The van der Waals surface area contributed by atoms with Crippen LogP contribution >= 0.6 is 11.8 Å². The summed E-state index contributed by atoms with van der Waals surface area (Å²) >= 11 is 1.27. The number of ketones is 1. The van der Waals surface area contributed by atoms with Gasteiger partial charge in [0.05, 0.1) is 12.2 Å². The molecule has 0 N–H and O–H groups in total. The van der Waals surface area contributed by atoms with Gasteiger partial charge in [-0.2, -0.15) is 4.98 Å². The maximum Gasteiger partial charge on any atom is 0.234 e. The van der Waals surface area contributed by atoms with Crippen molar-refractivity contribution in [3.8, 4) is 0 Å². The summed E-state index contributed by atoms with van der Waals surface area (Å²) < 4.78 is 23.1. The van der Waals surface area contributed by atoms with Gasteiger partial charge in [-0.25, -0.2) is 4.39 Å². The van der Waals surface area contributed by atoms with Crippen LogP contribution in [0.4, 0.5) is 4.39 Å². The molecule has 0 radical (unpaired) electrons. The Morgan fingerprint density at radius 1 is 1.45 bits per heavy atom. The van der Waals surface area contributed by atoms with Crippen LogP contribution in [0.3, 0.4) is 0 Å². The number of methoxy groups -OCH3 is 1. The number of carbonyl (C=O) groups is 1. The summed E-state index contributed by atoms with van der Waals surface area (Å²) in [5.41, 5.74) is 0. The van der Waals surface area contributed by atoms with Crippen LogP contribution in [0.5, 0.6) is 0 Å². The second kappa shape index (κ2) is 7.16. The molecule has 0 aliphatic heterocycles. The molecule has 0 bridgehead atoms. The van der Waals surface area contributed by atoms with Crippen LogP contribution in [-0.4, -0.2) is 29.6 Å². The summed E-state index contributed by atoms with van der Waals surface area (Å²) in [5, 5.41) is 3.75. The van der Waals surface area contributed by atoms with E-state index in [1.165, 1.54) is 24.9 Å². The lowest BCUT2D eigenvalue weighted by Gasteiger charge is -1.99. The fraction of sp³-hybridized carbons (Fsp3) is 0.308. The summed E-state index contributed by atoms with van der Waals surface area (Å²) in [6.45, 7) is 0.0156. The maximum absolute atomic E-state index is 13.4. The Morgan fingerprint density at radius 3 is 3.00 bits per heavy atom. The SMILES string of the molecule is COCC(=O)Cc1nc(CSc2ccccc2F)no1. The van der Waals surface area contributed by atoms with Crippen LogP contribution in [0.1, 0.15) is 11.7 Å². The molecule has 2 rings (SSSR count). The van der Waals surface area contributed by atoms with Gasteiger partial charge < -0.3 is 9.26 Å². The first kappa shape index (κ1) is 14.7. The van der Waals surface area contributed by atoms with Gasteiger partial charge in [-0.15, -0.1) is 11.8 Å². The molecule has 0 unspecified atom stereocenters. The van der Waals surface area contributed by atoms with Crippen LogP contribution < -0.4 is 0 Å². The molecule has 7 heteroatoms. The van der Waals surface area contributed by atoms with E-state index in [2.05, 4.69) is 10.1 Å². The molecule has 0 saturated carbocycles. The molecule has 0 saturated heterocycles. The van der Waals surface area contributed by atoms with Crippen molar-refractivity contribution in [1.82, 2.24) is 10.1 Å². The predicted octanol–water partition coefficient (Wildman–Crippen LogP) is 2.26. The minimum atomic E-state index is -0.281. The van der Waals surface area contributed by atoms with Gasteiger partial charge in [0.1, 0.15) is 12.4 Å². The average Bonchev–Trinajstić information content (AvgIpc) is 2.85. The van der Waals surface area contributed by atoms with Crippen LogP contribution in [-0.2, 0) is 21.7 Å². The fourth-order valence-corrected chi connectivity index (χ4v) is 2.29. The Morgan fingerprint density at radius 2 is 2.25 bits per heavy atom. The number of ether oxygens (including phenoxy) is 1. The zero-order valence-corrected chi connectivity index (χ0v) is 11.7. The molecule has 0 aliphatic rings. The van der Waals surface area contributed by atoms with E-state index in [4.69, 9.17) is 9.26 Å². The maximum atomic E-state index is 13.4. The topological polar surface area (TPSA) is 65.2 Å². The van der Waals surface area contributed by atoms with Crippen molar-refractivity contribution in [3.05, 3.63) is 41.8 Å². The van der Waals surface area contributed by atoms with Crippen molar-refractivity contribution in [3.63, 3.8) is 0 Å². The van der Waals surface area contributed by atoms with Crippen molar-refractivity contribution >= 4 is 17.5 Å². The number of hydrogen-bond donors (Lipinski definition) is 0. The van der Waals surface area contributed by atoms with Gasteiger partial charge in [0.15, 0.2) is 11.6 Å². The summed E-state index contributed by atoms with van der Waals surface area (Å²) in [5.74, 6) is 0.638. The molecule has 0 spiro atoms. The molecule has 1 aromatic carbocycles. The molecule has 106 valence electrons. The lowest BCUT2D eigenvalue weighted by atomic mass is 10.3. The highest BCUT2D eigenvalue weighted by Crippen LogP contribution is 2.24. The second-order valence-electron chi connectivity index (χ2n) is 3.97. The van der Waals surface area contributed by atoms with Crippen molar-refractivity contribution in [1.29, 1.82) is 0 Å². The molecule has 0 fully saturated rings. The molecule has 0 aliphatic carbocycles. The van der Waals surface area contributed by atoms with Crippen LogP contribution in [0.25, 0.3) is 0 Å². The van der Waals surface area contributed by atoms with E-state index in [0.717, 1.165) is 0 Å². The minimum Gasteiger partial charge on any atom is -0.377 e. The number of aromatic nitrogens is 2. The van der Waals surface area contributed by atoms with Gasteiger partial charge in [0.2, 0.25) is 5.89 Å². The number of Topliss-reactive ketones (excluding diaryl/α,β-unsaturated/α-hetero) is 1.